The number of benzene rings is 2. The molecule has 2 aromatic carbocycles. The van der Waals surface area contributed by atoms with Crippen LogP contribution < -0.4 is 29.6 Å². The van der Waals surface area contributed by atoms with Crippen LogP contribution in [0.4, 0.5) is 0 Å². The van der Waals surface area contributed by atoms with Gasteiger partial charge in [0, 0.05) is 0 Å². The Kier molecular flexibility index (Phi) is 4.89. The van der Waals surface area contributed by atoms with Crippen LogP contribution in [0.2, 0.25) is 0 Å². The van der Waals surface area contributed by atoms with Crippen LogP contribution in [0.1, 0.15) is 11.1 Å². The second-order valence-electron chi connectivity index (χ2n) is 3.33. The molecule has 0 aliphatic rings. The zero-order valence-corrected chi connectivity index (χ0v) is 10.9. The summed E-state index contributed by atoms with van der Waals surface area (Å²) in [7, 11) is 0. The summed E-state index contributed by atoms with van der Waals surface area (Å²) in [5.41, 5.74) is 2.51. The Morgan fingerprint density at radius 3 is 1.87 bits per heavy atom. The van der Waals surface area contributed by atoms with Gasteiger partial charge in [-0.1, -0.05) is 42.5 Å². The first kappa shape index (κ1) is 12.3. The zero-order chi connectivity index (χ0) is 9.80. The average Bonchev–Trinajstić information content (AvgIpc) is 2.23. The Hall–Kier alpha value is -0.760. The Labute approximate surface area is 112 Å². The van der Waals surface area contributed by atoms with E-state index in [4.69, 9.17) is 5.11 Å². The van der Waals surface area contributed by atoms with Gasteiger partial charge in [0.05, 0.1) is 0 Å². The number of phenols is 1. The van der Waals surface area contributed by atoms with E-state index in [9.17, 15) is 0 Å². The van der Waals surface area contributed by atoms with Crippen molar-refractivity contribution in [3.8, 4) is 5.75 Å². The molecule has 0 aliphatic heterocycles. The minimum absolute atomic E-state index is 0. The van der Waals surface area contributed by atoms with Crippen molar-refractivity contribution in [2.24, 2.45) is 0 Å². The number of hydrogen-bond donors (Lipinski definition) is 1. The van der Waals surface area contributed by atoms with Gasteiger partial charge in [0.25, 0.3) is 0 Å². The summed E-state index contributed by atoms with van der Waals surface area (Å²) in [5, 5.41) is 9.12. The van der Waals surface area contributed by atoms with E-state index in [2.05, 4.69) is 12.1 Å². The van der Waals surface area contributed by atoms with E-state index in [0.29, 0.717) is 5.75 Å². The third kappa shape index (κ3) is 3.71. The average molecular weight is 207 g/mol. The monoisotopic (exact) mass is 207 g/mol. The molecule has 0 unspecified atom stereocenters. The number of phenolic OH excluding ortho intramolecular Hbond substituents is 1. The van der Waals surface area contributed by atoms with E-state index >= 15 is 0 Å². The zero-order valence-electron chi connectivity index (χ0n) is 8.85. The minimum atomic E-state index is 0. The van der Waals surface area contributed by atoms with Crippen LogP contribution in [0.5, 0.6) is 5.75 Å². The van der Waals surface area contributed by atoms with E-state index in [1.54, 1.807) is 12.1 Å². The molecule has 0 fully saturated rings. The smallest absolute Gasteiger partial charge is 0.508 e. The van der Waals surface area contributed by atoms with Gasteiger partial charge in [0.2, 0.25) is 0 Å². The second-order valence-corrected chi connectivity index (χ2v) is 3.33. The third-order valence-corrected chi connectivity index (χ3v) is 2.19. The summed E-state index contributed by atoms with van der Waals surface area (Å²) in [4.78, 5) is 0. The molecule has 0 amide bonds. The van der Waals surface area contributed by atoms with Crippen LogP contribution in [0.25, 0.3) is 0 Å². The molecule has 0 spiro atoms. The molecule has 1 nitrogen and oxygen atoms in total. The Balaban J connectivity index is 0.00000112. The molecule has 0 heterocycles. The van der Waals surface area contributed by atoms with E-state index in [-0.39, 0.29) is 29.6 Å². The van der Waals surface area contributed by atoms with Crippen LogP contribution in [0, 0.1) is 0 Å². The topological polar surface area (TPSA) is 20.2 Å². The molecule has 0 atom stereocenters. The molecule has 2 heteroatoms. The molecule has 2 aromatic rings. The fraction of sp³-hybridized carbons (Fsp3) is 0.0769. The Morgan fingerprint density at radius 1 is 0.733 bits per heavy atom. The van der Waals surface area contributed by atoms with Crippen molar-refractivity contribution in [3.05, 3.63) is 65.7 Å². The molecule has 0 saturated heterocycles. The van der Waals surface area contributed by atoms with Gasteiger partial charge in [-0.05, 0) is 29.7 Å². The van der Waals surface area contributed by atoms with Gasteiger partial charge in [0.1, 0.15) is 5.75 Å². The normalized spacial score (nSPS) is 9.33. The van der Waals surface area contributed by atoms with Crippen molar-refractivity contribution in [2.45, 2.75) is 6.42 Å². The first-order chi connectivity index (χ1) is 6.84. The van der Waals surface area contributed by atoms with E-state index < -0.39 is 0 Å². The third-order valence-electron chi connectivity index (χ3n) is 2.19. The summed E-state index contributed by atoms with van der Waals surface area (Å²) in [6, 6.07) is 17.6. The summed E-state index contributed by atoms with van der Waals surface area (Å²) in [6.07, 6.45) is 0.918. The van der Waals surface area contributed by atoms with Gasteiger partial charge in [0.15, 0.2) is 0 Å². The van der Waals surface area contributed by atoms with Crippen molar-refractivity contribution in [2.75, 3.05) is 0 Å². The molecule has 0 saturated carbocycles. The SMILES string of the molecule is Oc1ccc(Cc2ccccc2)cc1.[Na+]. The van der Waals surface area contributed by atoms with Gasteiger partial charge in [-0.2, -0.15) is 0 Å². The summed E-state index contributed by atoms with van der Waals surface area (Å²) in [5.74, 6) is 0.321. The maximum atomic E-state index is 9.12. The molecule has 0 radical (unpaired) electrons. The molecule has 1 N–H and O–H groups in total. The first-order valence-electron chi connectivity index (χ1n) is 4.66. The molecule has 0 aromatic heterocycles. The van der Waals surface area contributed by atoms with Crippen molar-refractivity contribution < 1.29 is 34.7 Å². The Morgan fingerprint density at radius 2 is 1.27 bits per heavy atom. The molecule has 70 valence electrons. The van der Waals surface area contributed by atoms with Gasteiger partial charge in [-0.25, -0.2) is 0 Å². The second kappa shape index (κ2) is 5.96. The molecule has 15 heavy (non-hydrogen) atoms. The molecule has 0 bridgehead atoms. The van der Waals surface area contributed by atoms with Crippen molar-refractivity contribution in [1.82, 2.24) is 0 Å². The van der Waals surface area contributed by atoms with Crippen LogP contribution in [0.15, 0.2) is 54.6 Å². The Bertz CT molecular complexity index is 395. The van der Waals surface area contributed by atoms with Crippen molar-refractivity contribution >= 4 is 0 Å². The van der Waals surface area contributed by atoms with Crippen LogP contribution in [-0.2, 0) is 6.42 Å². The largest absolute Gasteiger partial charge is 1.00 e. The molecular weight excluding hydrogens is 195 g/mol. The maximum Gasteiger partial charge on any atom is 1.00 e. The summed E-state index contributed by atoms with van der Waals surface area (Å²) < 4.78 is 0. The van der Waals surface area contributed by atoms with E-state index in [1.807, 2.05) is 30.3 Å². The van der Waals surface area contributed by atoms with Crippen LogP contribution >= 0.6 is 0 Å². The number of rotatable bonds is 2. The van der Waals surface area contributed by atoms with E-state index in [0.717, 1.165) is 6.42 Å². The predicted molar refractivity (Wildman–Crippen MR) is 57.4 cm³/mol. The van der Waals surface area contributed by atoms with Crippen molar-refractivity contribution in [3.63, 3.8) is 0 Å². The fourth-order valence-corrected chi connectivity index (χ4v) is 1.45. The van der Waals surface area contributed by atoms with Crippen LogP contribution in [0.3, 0.4) is 0 Å². The first-order valence-corrected chi connectivity index (χ1v) is 4.66. The summed E-state index contributed by atoms with van der Waals surface area (Å²) >= 11 is 0. The van der Waals surface area contributed by atoms with Gasteiger partial charge < -0.3 is 5.11 Å². The van der Waals surface area contributed by atoms with Crippen molar-refractivity contribution in [1.29, 1.82) is 0 Å². The van der Waals surface area contributed by atoms with Crippen LogP contribution in [-0.4, -0.2) is 5.11 Å². The van der Waals surface area contributed by atoms with Gasteiger partial charge >= 0.3 is 29.6 Å². The number of hydrogen-bond acceptors (Lipinski definition) is 1. The summed E-state index contributed by atoms with van der Waals surface area (Å²) in [6.45, 7) is 0. The quantitative estimate of drug-likeness (QED) is 0.687. The molecular formula is C13H12NaO+. The molecule has 2 rings (SSSR count). The maximum absolute atomic E-state index is 9.12. The number of aromatic hydroxyl groups is 1. The minimum Gasteiger partial charge on any atom is -0.508 e. The molecule has 0 aliphatic carbocycles. The van der Waals surface area contributed by atoms with E-state index in [1.165, 1.54) is 11.1 Å². The van der Waals surface area contributed by atoms with Gasteiger partial charge in [-0.3, -0.25) is 0 Å². The fourth-order valence-electron chi connectivity index (χ4n) is 1.45. The standard InChI is InChI=1S/C13H12O.Na/c14-13-8-6-12(7-9-13)10-11-4-2-1-3-5-11;/h1-9,14H,10H2;/q;+1. The predicted octanol–water partition coefficient (Wildman–Crippen LogP) is -0.0130. The van der Waals surface area contributed by atoms with Gasteiger partial charge in [-0.15, -0.1) is 0 Å².